The highest BCUT2D eigenvalue weighted by Crippen LogP contribution is 2.32. The van der Waals surface area contributed by atoms with E-state index in [9.17, 15) is 19.2 Å². The molecule has 0 heterocycles. The molecule has 0 spiro atoms. The van der Waals surface area contributed by atoms with Crippen molar-refractivity contribution < 1.29 is 28.7 Å². The lowest BCUT2D eigenvalue weighted by molar-refractivity contribution is -0.115. The van der Waals surface area contributed by atoms with Gasteiger partial charge in [-0.25, -0.2) is 0 Å². The van der Waals surface area contributed by atoms with Crippen LogP contribution in [0.15, 0.2) is 108 Å². The van der Waals surface area contributed by atoms with E-state index < -0.39 is 17.1 Å². The van der Waals surface area contributed by atoms with Crippen LogP contribution < -0.4 is 25.4 Å². The van der Waals surface area contributed by atoms with E-state index in [4.69, 9.17) is 9.47 Å². The molecule has 0 aliphatic heterocycles. The molecule has 0 saturated carbocycles. The van der Waals surface area contributed by atoms with Gasteiger partial charge in [0.15, 0.2) is 17.3 Å². The molecule has 4 aromatic rings. The molecule has 4 aromatic carbocycles. The minimum Gasteiger partial charge on any atom is -0.493 e. The number of amides is 3. The molecule has 1 atom stereocenters. The fraction of sp³-hybridized carbons (Fsp3) is 0.143. The minimum atomic E-state index is -0.564. The highest BCUT2D eigenvalue weighted by atomic mass is 32.2. The topological polar surface area (TPSA) is 123 Å². The highest BCUT2D eigenvalue weighted by Gasteiger charge is 2.19. The summed E-state index contributed by atoms with van der Waals surface area (Å²) in [6.07, 6.45) is 1.52. The van der Waals surface area contributed by atoms with Gasteiger partial charge in [-0.15, -0.1) is 11.8 Å². The summed E-state index contributed by atoms with van der Waals surface area (Å²) in [5, 5.41) is 7.96. The number of methoxy groups -OCH3 is 2. The Morgan fingerprint density at radius 1 is 0.756 bits per heavy atom. The number of hydrogen-bond donors (Lipinski definition) is 3. The molecule has 3 N–H and O–H groups in total. The average Bonchev–Trinajstić information content (AvgIpc) is 3.04. The summed E-state index contributed by atoms with van der Waals surface area (Å²) in [4.78, 5) is 51.7. The zero-order valence-electron chi connectivity index (χ0n) is 25.3. The van der Waals surface area contributed by atoms with E-state index in [1.807, 2.05) is 6.07 Å². The van der Waals surface area contributed by atoms with Crippen LogP contribution in [0.3, 0.4) is 0 Å². The van der Waals surface area contributed by atoms with Crippen molar-refractivity contribution in [1.82, 2.24) is 5.32 Å². The number of carbonyl (C=O) groups is 4. The molecule has 0 aromatic heterocycles. The number of hydrogen-bond acceptors (Lipinski definition) is 7. The van der Waals surface area contributed by atoms with Gasteiger partial charge in [0.25, 0.3) is 11.8 Å². The number of thioether (sulfide) groups is 1. The number of ether oxygens (including phenoxy) is 2. The molecule has 4 rings (SSSR count). The van der Waals surface area contributed by atoms with Crippen LogP contribution in [0.5, 0.6) is 11.5 Å². The SMILES string of the molecule is COc1cccc(/C=C(/NC(=O)c2ccccc2)C(=O)Nc2cccc(SC(C)C(=O)Nc3ccc(C(C)=O)cc3)c2)c1OC. The summed E-state index contributed by atoms with van der Waals surface area (Å²) >= 11 is 1.32. The minimum absolute atomic E-state index is 0.0167. The van der Waals surface area contributed by atoms with E-state index in [-0.39, 0.29) is 17.4 Å². The molecule has 0 aliphatic carbocycles. The molecule has 0 radical (unpaired) electrons. The molecule has 1 unspecified atom stereocenters. The number of rotatable bonds is 12. The Bertz CT molecular complexity index is 1720. The summed E-state index contributed by atoms with van der Waals surface area (Å²) in [5.74, 6) is -0.419. The standard InChI is InChI=1S/C35H33N3O6S/c1-22(39)24-16-18-27(19-17-24)36-33(40)23(2)45-29-14-9-13-28(21-29)37-35(42)30(38-34(41)25-10-6-5-7-11-25)20-26-12-8-15-31(43-3)32(26)44-4/h5-21,23H,1-4H3,(H,36,40)(H,37,42)(H,38,41)/b30-20+. The van der Waals surface area contributed by atoms with Crippen LogP contribution in [0.2, 0.25) is 0 Å². The van der Waals surface area contributed by atoms with Gasteiger partial charge in [0.1, 0.15) is 5.70 Å². The van der Waals surface area contributed by atoms with E-state index in [0.717, 1.165) is 4.90 Å². The molecular formula is C35H33N3O6S. The second-order valence-electron chi connectivity index (χ2n) is 9.83. The third-order valence-electron chi connectivity index (χ3n) is 6.59. The lowest BCUT2D eigenvalue weighted by Crippen LogP contribution is -2.30. The molecule has 230 valence electrons. The smallest absolute Gasteiger partial charge is 0.272 e. The van der Waals surface area contributed by atoms with Crippen molar-refractivity contribution in [3.05, 3.63) is 119 Å². The largest absolute Gasteiger partial charge is 0.493 e. The zero-order valence-corrected chi connectivity index (χ0v) is 26.1. The summed E-state index contributed by atoms with van der Waals surface area (Å²) in [6, 6.07) is 27.5. The lowest BCUT2D eigenvalue weighted by atomic mass is 10.1. The van der Waals surface area contributed by atoms with Gasteiger partial charge in [-0.1, -0.05) is 36.4 Å². The quantitative estimate of drug-likeness (QED) is 0.0944. The first-order valence-electron chi connectivity index (χ1n) is 14.0. The molecule has 3 amide bonds. The molecule has 10 heteroatoms. The molecule has 0 saturated heterocycles. The maximum Gasteiger partial charge on any atom is 0.272 e. The van der Waals surface area contributed by atoms with Crippen LogP contribution in [-0.4, -0.2) is 43.0 Å². The number of nitrogens with one attached hydrogen (secondary N) is 3. The van der Waals surface area contributed by atoms with Gasteiger partial charge >= 0.3 is 0 Å². The molecule has 0 aliphatic rings. The molecule has 0 bridgehead atoms. The molecule has 0 fully saturated rings. The van der Waals surface area contributed by atoms with Crippen molar-refractivity contribution in [3.63, 3.8) is 0 Å². The molecule has 45 heavy (non-hydrogen) atoms. The lowest BCUT2D eigenvalue weighted by Gasteiger charge is -2.15. The van der Waals surface area contributed by atoms with Crippen molar-refractivity contribution in [2.24, 2.45) is 0 Å². The number of para-hydroxylation sites is 1. The van der Waals surface area contributed by atoms with Crippen molar-refractivity contribution in [2.45, 2.75) is 24.0 Å². The second kappa shape index (κ2) is 15.4. The van der Waals surface area contributed by atoms with Crippen LogP contribution in [0, 0.1) is 0 Å². The third-order valence-corrected chi connectivity index (χ3v) is 7.69. The normalized spacial score (nSPS) is 11.6. The van der Waals surface area contributed by atoms with E-state index in [2.05, 4.69) is 16.0 Å². The van der Waals surface area contributed by atoms with Gasteiger partial charge in [0.05, 0.1) is 19.5 Å². The Balaban J connectivity index is 1.52. The van der Waals surface area contributed by atoms with Gasteiger partial charge in [-0.05, 0) is 80.6 Å². The van der Waals surface area contributed by atoms with Crippen LogP contribution in [0.25, 0.3) is 6.08 Å². The van der Waals surface area contributed by atoms with Crippen LogP contribution >= 0.6 is 11.8 Å². The fourth-order valence-corrected chi connectivity index (χ4v) is 5.19. The Morgan fingerprint density at radius 2 is 1.47 bits per heavy atom. The summed E-state index contributed by atoms with van der Waals surface area (Å²) in [7, 11) is 3.00. The first-order valence-corrected chi connectivity index (χ1v) is 14.9. The number of benzene rings is 4. The number of ketones is 1. The van der Waals surface area contributed by atoms with Crippen molar-refractivity contribution in [1.29, 1.82) is 0 Å². The molecular weight excluding hydrogens is 590 g/mol. The van der Waals surface area contributed by atoms with E-state index in [1.54, 1.807) is 97.9 Å². The van der Waals surface area contributed by atoms with Crippen molar-refractivity contribution in [2.75, 3.05) is 24.9 Å². The molecule has 9 nitrogen and oxygen atoms in total. The van der Waals surface area contributed by atoms with Gasteiger partial charge in [-0.3, -0.25) is 19.2 Å². The first kappa shape index (κ1) is 32.6. The summed E-state index contributed by atoms with van der Waals surface area (Å²) < 4.78 is 10.9. The average molecular weight is 624 g/mol. The van der Waals surface area contributed by atoms with Gasteiger partial charge in [-0.2, -0.15) is 0 Å². The Kier molecular flexibility index (Phi) is 11.1. The van der Waals surface area contributed by atoms with Gasteiger partial charge in [0, 0.05) is 33.0 Å². The summed E-state index contributed by atoms with van der Waals surface area (Å²) in [5.41, 5.74) is 2.51. The Hall–Kier alpha value is -5.35. The monoisotopic (exact) mass is 623 g/mol. The summed E-state index contributed by atoms with van der Waals surface area (Å²) in [6.45, 7) is 3.26. The third kappa shape index (κ3) is 8.84. The van der Waals surface area contributed by atoms with E-state index >= 15 is 0 Å². The first-order chi connectivity index (χ1) is 21.7. The zero-order chi connectivity index (χ0) is 32.3. The van der Waals surface area contributed by atoms with Crippen LogP contribution in [0.4, 0.5) is 11.4 Å². The van der Waals surface area contributed by atoms with E-state index in [1.165, 1.54) is 39.0 Å². The number of anilines is 2. The Labute approximate surface area is 266 Å². The van der Waals surface area contributed by atoms with E-state index in [0.29, 0.717) is 39.6 Å². The predicted octanol–water partition coefficient (Wildman–Crippen LogP) is 6.44. The highest BCUT2D eigenvalue weighted by molar-refractivity contribution is 8.00. The van der Waals surface area contributed by atoms with Gasteiger partial charge < -0.3 is 25.4 Å². The number of Topliss-reactive ketones (excluding diaryl/α,β-unsaturated/α-hetero) is 1. The Morgan fingerprint density at radius 3 is 2.13 bits per heavy atom. The van der Waals surface area contributed by atoms with Crippen LogP contribution in [-0.2, 0) is 9.59 Å². The van der Waals surface area contributed by atoms with Crippen molar-refractivity contribution >= 4 is 52.7 Å². The van der Waals surface area contributed by atoms with Gasteiger partial charge in [0.2, 0.25) is 5.91 Å². The maximum absolute atomic E-state index is 13.6. The number of carbonyl (C=O) groups excluding carboxylic acids is 4. The van der Waals surface area contributed by atoms with Crippen molar-refractivity contribution in [3.8, 4) is 11.5 Å². The van der Waals surface area contributed by atoms with Crippen LogP contribution in [0.1, 0.15) is 40.1 Å². The fourth-order valence-electron chi connectivity index (χ4n) is 4.26. The second-order valence-corrected chi connectivity index (χ2v) is 11.2. The maximum atomic E-state index is 13.6. The predicted molar refractivity (Wildman–Crippen MR) is 177 cm³/mol.